The molecule has 1 aliphatic heterocycles. The number of aromatic nitrogens is 1. The maximum Gasteiger partial charge on any atom is 0.268 e. The fraction of sp³-hybridized carbons (Fsp3) is 0.692. The van der Waals surface area contributed by atoms with Crippen LogP contribution >= 0.6 is 11.3 Å². The SMILES string of the molecule is CCNc1nc(N)c(C(=O)N2CCCCC2CC)s1. The number of rotatable bonds is 4. The number of carbonyl (C=O) groups is 1. The second-order valence-electron chi connectivity index (χ2n) is 4.82. The van der Waals surface area contributed by atoms with E-state index in [0.717, 1.165) is 37.5 Å². The second kappa shape index (κ2) is 6.23. The lowest BCUT2D eigenvalue weighted by Crippen LogP contribution is -2.43. The van der Waals surface area contributed by atoms with Gasteiger partial charge in [0.2, 0.25) is 0 Å². The second-order valence-corrected chi connectivity index (χ2v) is 5.82. The predicted octanol–water partition coefficient (Wildman–Crippen LogP) is 2.56. The summed E-state index contributed by atoms with van der Waals surface area (Å²) in [6.07, 6.45) is 4.40. The van der Waals surface area contributed by atoms with Crippen LogP contribution in [0.5, 0.6) is 0 Å². The van der Waals surface area contributed by atoms with Gasteiger partial charge in [-0.25, -0.2) is 4.98 Å². The van der Waals surface area contributed by atoms with Crippen LogP contribution in [0.25, 0.3) is 0 Å². The maximum atomic E-state index is 12.6. The lowest BCUT2D eigenvalue weighted by molar-refractivity contribution is 0.0614. The van der Waals surface area contributed by atoms with E-state index in [-0.39, 0.29) is 5.91 Å². The quantitative estimate of drug-likeness (QED) is 0.890. The number of hydrogen-bond donors (Lipinski definition) is 2. The van der Waals surface area contributed by atoms with Gasteiger partial charge in [0.15, 0.2) is 5.13 Å². The highest BCUT2D eigenvalue weighted by atomic mass is 32.1. The molecule has 0 spiro atoms. The number of anilines is 2. The van der Waals surface area contributed by atoms with E-state index in [1.54, 1.807) is 0 Å². The number of amides is 1. The van der Waals surface area contributed by atoms with E-state index in [0.29, 0.717) is 16.7 Å². The monoisotopic (exact) mass is 282 g/mol. The summed E-state index contributed by atoms with van der Waals surface area (Å²) >= 11 is 1.36. The third-order valence-corrected chi connectivity index (χ3v) is 4.55. The highest BCUT2D eigenvalue weighted by molar-refractivity contribution is 7.18. The Bertz CT molecular complexity index is 446. The van der Waals surface area contributed by atoms with Gasteiger partial charge in [0.25, 0.3) is 5.91 Å². The Morgan fingerprint density at radius 2 is 2.32 bits per heavy atom. The summed E-state index contributed by atoms with van der Waals surface area (Å²) in [4.78, 5) is 19.4. The van der Waals surface area contributed by atoms with Gasteiger partial charge in [0.1, 0.15) is 10.7 Å². The van der Waals surface area contributed by atoms with Crippen molar-refractivity contribution in [2.75, 3.05) is 24.1 Å². The maximum absolute atomic E-state index is 12.6. The number of hydrogen-bond acceptors (Lipinski definition) is 5. The van der Waals surface area contributed by atoms with E-state index < -0.39 is 0 Å². The highest BCUT2D eigenvalue weighted by Crippen LogP contribution is 2.29. The number of carbonyl (C=O) groups excluding carboxylic acids is 1. The van der Waals surface area contributed by atoms with Gasteiger partial charge in [-0.05, 0) is 32.6 Å². The van der Waals surface area contributed by atoms with Crippen molar-refractivity contribution in [1.29, 1.82) is 0 Å². The number of piperidine rings is 1. The molecule has 6 heteroatoms. The molecule has 1 atom stereocenters. The Labute approximate surface area is 118 Å². The molecule has 5 nitrogen and oxygen atoms in total. The molecule has 3 N–H and O–H groups in total. The fourth-order valence-corrected chi connectivity index (χ4v) is 3.44. The zero-order valence-electron chi connectivity index (χ0n) is 11.6. The summed E-state index contributed by atoms with van der Waals surface area (Å²) in [7, 11) is 0. The molecule has 0 radical (unpaired) electrons. The minimum Gasteiger partial charge on any atom is -0.382 e. The molecule has 0 aliphatic carbocycles. The van der Waals surface area contributed by atoms with E-state index in [1.807, 2.05) is 11.8 Å². The van der Waals surface area contributed by atoms with Crippen LogP contribution in [0.3, 0.4) is 0 Å². The molecule has 1 saturated heterocycles. The van der Waals surface area contributed by atoms with Gasteiger partial charge < -0.3 is 16.0 Å². The van der Waals surface area contributed by atoms with E-state index in [9.17, 15) is 4.79 Å². The van der Waals surface area contributed by atoms with Gasteiger partial charge in [-0.3, -0.25) is 4.79 Å². The molecular formula is C13H22N4OS. The summed E-state index contributed by atoms with van der Waals surface area (Å²) in [5, 5.41) is 3.84. The summed E-state index contributed by atoms with van der Waals surface area (Å²) in [6.45, 7) is 5.75. The molecule has 1 aromatic heterocycles. The number of nitrogens with two attached hydrogens (primary N) is 1. The number of nitrogens with zero attached hydrogens (tertiary/aromatic N) is 2. The van der Waals surface area contributed by atoms with Crippen molar-refractivity contribution in [3.63, 3.8) is 0 Å². The number of thiazole rings is 1. The zero-order valence-corrected chi connectivity index (χ0v) is 12.4. The van der Waals surface area contributed by atoms with E-state index in [2.05, 4.69) is 17.2 Å². The molecule has 0 aromatic carbocycles. The minimum atomic E-state index is 0.0469. The van der Waals surface area contributed by atoms with E-state index in [4.69, 9.17) is 5.73 Å². The first kappa shape index (κ1) is 14.1. The normalized spacial score (nSPS) is 19.5. The van der Waals surface area contributed by atoms with E-state index >= 15 is 0 Å². The van der Waals surface area contributed by atoms with Crippen molar-refractivity contribution in [3.05, 3.63) is 4.88 Å². The molecule has 2 heterocycles. The molecule has 1 aliphatic rings. The van der Waals surface area contributed by atoms with Crippen molar-refractivity contribution in [3.8, 4) is 0 Å². The van der Waals surface area contributed by atoms with Crippen molar-refractivity contribution >= 4 is 28.2 Å². The molecule has 2 rings (SSSR count). The minimum absolute atomic E-state index is 0.0469. The summed E-state index contributed by atoms with van der Waals surface area (Å²) in [5.74, 6) is 0.400. The van der Waals surface area contributed by atoms with Crippen molar-refractivity contribution in [2.24, 2.45) is 0 Å². The van der Waals surface area contributed by atoms with Crippen molar-refractivity contribution < 1.29 is 4.79 Å². The summed E-state index contributed by atoms with van der Waals surface area (Å²) in [6, 6.07) is 0.352. The molecule has 19 heavy (non-hydrogen) atoms. The largest absolute Gasteiger partial charge is 0.382 e. The van der Waals surface area contributed by atoms with Crippen LogP contribution in [-0.2, 0) is 0 Å². The highest BCUT2D eigenvalue weighted by Gasteiger charge is 2.29. The Kier molecular flexibility index (Phi) is 4.63. The smallest absolute Gasteiger partial charge is 0.268 e. The van der Waals surface area contributed by atoms with Crippen LogP contribution < -0.4 is 11.1 Å². The van der Waals surface area contributed by atoms with Gasteiger partial charge >= 0.3 is 0 Å². The third kappa shape index (κ3) is 3.00. The first-order chi connectivity index (χ1) is 9.17. The van der Waals surface area contributed by atoms with Crippen LogP contribution in [0.15, 0.2) is 0 Å². The van der Waals surface area contributed by atoms with Gasteiger partial charge in [-0.1, -0.05) is 18.3 Å². The first-order valence-electron chi connectivity index (χ1n) is 6.98. The lowest BCUT2D eigenvalue weighted by Gasteiger charge is -2.34. The molecule has 1 aromatic rings. The average molecular weight is 282 g/mol. The van der Waals surface area contributed by atoms with E-state index in [1.165, 1.54) is 17.8 Å². The molecule has 1 unspecified atom stereocenters. The number of nitrogen functional groups attached to an aromatic ring is 1. The fourth-order valence-electron chi connectivity index (χ4n) is 2.53. The van der Waals surface area contributed by atoms with Crippen LogP contribution in [0, 0.1) is 0 Å². The van der Waals surface area contributed by atoms with Gasteiger partial charge in [-0.2, -0.15) is 0 Å². The molecular weight excluding hydrogens is 260 g/mol. The Hall–Kier alpha value is -1.30. The molecule has 1 fully saturated rings. The Morgan fingerprint density at radius 3 is 3.00 bits per heavy atom. The molecule has 0 bridgehead atoms. The lowest BCUT2D eigenvalue weighted by atomic mass is 10.00. The van der Waals surface area contributed by atoms with Crippen molar-refractivity contribution in [1.82, 2.24) is 9.88 Å². The predicted molar refractivity (Wildman–Crippen MR) is 79.7 cm³/mol. The van der Waals surface area contributed by atoms with Gasteiger partial charge in [0, 0.05) is 19.1 Å². The van der Waals surface area contributed by atoms with Crippen LogP contribution in [0.4, 0.5) is 10.9 Å². The summed E-state index contributed by atoms with van der Waals surface area (Å²) < 4.78 is 0. The summed E-state index contributed by atoms with van der Waals surface area (Å²) in [5.41, 5.74) is 5.88. The standard InChI is InChI=1S/C13H22N4OS/c1-3-9-7-5-6-8-17(9)12(18)10-11(14)16-13(19-10)15-4-2/h9H,3-8,14H2,1-2H3,(H,15,16). The average Bonchev–Trinajstić information content (AvgIpc) is 2.79. The van der Waals surface area contributed by atoms with Gasteiger partial charge in [-0.15, -0.1) is 0 Å². The topological polar surface area (TPSA) is 71.2 Å². The van der Waals surface area contributed by atoms with Crippen LogP contribution in [-0.4, -0.2) is 34.9 Å². The number of nitrogens with one attached hydrogen (secondary N) is 1. The van der Waals surface area contributed by atoms with Crippen molar-refractivity contribution in [2.45, 2.75) is 45.6 Å². The molecule has 1 amide bonds. The van der Waals surface area contributed by atoms with Gasteiger partial charge in [0.05, 0.1) is 0 Å². The third-order valence-electron chi connectivity index (χ3n) is 3.53. The first-order valence-corrected chi connectivity index (χ1v) is 7.80. The van der Waals surface area contributed by atoms with Crippen LogP contribution in [0.2, 0.25) is 0 Å². The Balaban J connectivity index is 2.17. The molecule has 0 saturated carbocycles. The van der Waals surface area contributed by atoms with Crippen LogP contribution in [0.1, 0.15) is 49.2 Å². The Morgan fingerprint density at radius 1 is 1.53 bits per heavy atom. The zero-order chi connectivity index (χ0) is 13.8. The number of likely N-dealkylation sites (tertiary alicyclic amines) is 1. The molecule has 106 valence electrons.